The highest BCUT2D eigenvalue weighted by atomic mass is 32.2. The van der Waals surface area contributed by atoms with Crippen LogP contribution in [0, 0.1) is 11.8 Å². The van der Waals surface area contributed by atoms with E-state index in [1.807, 2.05) is 0 Å². The molecule has 0 fully saturated rings. The molecule has 1 heteroatoms. The highest BCUT2D eigenvalue weighted by Crippen LogP contribution is 2.40. The summed E-state index contributed by atoms with van der Waals surface area (Å²) in [5.74, 6) is 1.51. The van der Waals surface area contributed by atoms with Crippen LogP contribution in [0.2, 0.25) is 0 Å². The van der Waals surface area contributed by atoms with Gasteiger partial charge >= 0.3 is 0 Å². The van der Waals surface area contributed by atoms with E-state index in [2.05, 4.69) is 70.7 Å². The zero-order chi connectivity index (χ0) is 15.4. The second-order valence-corrected chi connectivity index (χ2v) is 8.32. The smallest absolute Gasteiger partial charge is 0.0310 e. The van der Waals surface area contributed by atoms with Gasteiger partial charge in [0.25, 0.3) is 0 Å². The molecule has 2 rings (SSSR count). The second-order valence-electron chi connectivity index (χ2n) is 7.07. The van der Waals surface area contributed by atoms with E-state index in [1.54, 1.807) is 5.57 Å². The lowest BCUT2D eigenvalue weighted by Crippen LogP contribution is -2.23. The Morgan fingerprint density at radius 3 is 2.52 bits per heavy atom. The number of thioether (sulfide) groups is 1. The number of fused-ring (bicyclic) bond motifs is 2. The van der Waals surface area contributed by atoms with Crippen molar-refractivity contribution in [3.05, 3.63) is 45.9 Å². The normalized spacial score (nSPS) is 27.9. The van der Waals surface area contributed by atoms with Crippen LogP contribution >= 0.6 is 11.8 Å². The molecule has 0 unspecified atom stereocenters. The average molecular weight is 303 g/mol. The van der Waals surface area contributed by atoms with Gasteiger partial charge in [-0.05, 0) is 70.4 Å². The third-order valence-corrected chi connectivity index (χ3v) is 5.91. The van der Waals surface area contributed by atoms with Crippen LogP contribution < -0.4 is 0 Å². The van der Waals surface area contributed by atoms with Gasteiger partial charge in [0.2, 0.25) is 0 Å². The summed E-state index contributed by atoms with van der Waals surface area (Å²) in [4.78, 5) is 1.46. The molecule has 2 bridgehead atoms. The third kappa shape index (κ3) is 4.92. The number of hydrogen-bond acceptors (Lipinski definition) is 1. The van der Waals surface area contributed by atoms with Gasteiger partial charge in [-0.1, -0.05) is 42.7 Å². The van der Waals surface area contributed by atoms with Gasteiger partial charge in [-0.3, -0.25) is 0 Å². The molecule has 2 aliphatic rings. The summed E-state index contributed by atoms with van der Waals surface area (Å²) in [5, 5.41) is 0.640. The van der Waals surface area contributed by atoms with E-state index in [1.165, 1.54) is 41.7 Å². The van der Waals surface area contributed by atoms with Gasteiger partial charge in [-0.15, -0.1) is 11.8 Å². The summed E-state index contributed by atoms with van der Waals surface area (Å²) in [6.45, 7) is 11.6. The van der Waals surface area contributed by atoms with Crippen LogP contribution in [0.5, 0.6) is 0 Å². The molecule has 0 amide bonds. The minimum absolute atomic E-state index is 0.640. The van der Waals surface area contributed by atoms with Crippen molar-refractivity contribution in [1.29, 1.82) is 0 Å². The Balaban J connectivity index is 2.31. The summed E-state index contributed by atoms with van der Waals surface area (Å²) in [6.07, 6.45) is 14.7. The molecule has 2 atom stereocenters. The third-order valence-electron chi connectivity index (χ3n) is 4.64. The number of rotatable bonds is 1. The molecule has 0 radical (unpaired) electrons. The Hall–Kier alpha value is -0.690. The summed E-state index contributed by atoms with van der Waals surface area (Å²) < 4.78 is 0. The minimum Gasteiger partial charge on any atom is -0.118 e. The Morgan fingerprint density at radius 2 is 1.81 bits per heavy atom. The monoisotopic (exact) mass is 302 g/mol. The zero-order valence-corrected chi connectivity index (χ0v) is 15.1. The molecular weight excluding hydrogens is 272 g/mol. The first kappa shape index (κ1) is 16.7. The summed E-state index contributed by atoms with van der Waals surface area (Å²) in [6, 6.07) is 0. The van der Waals surface area contributed by atoms with Gasteiger partial charge in [0.1, 0.15) is 0 Å². The van der Waals surface area contributed by atoms with Gasteiger partial charge in [0.05, 0.1) is 0 Å². The highest BCUT2D eigenvalue weighted by Gasteiger charge is 2.26. The van der Waals surface area contributed by atoms with Gasteiger partial charge in [0, 0.05) is 10.2 Å². The molecule has 0 saturated carbocycles. The predicted molar refractivity (Wildman–Crippen MR) is 97.5 cm³/mol. The molecule has 21 heavy (non-hydrogen) atoms. The van der Waals surface area contributed by atoms with Crippen LogP contribution in [0.15, 0.2) is 45.9 Å². The zero-order valence-electron chi connectivity index (χ0n) is 14.3. The first-order valence-corrected chi connectivity index (χ1v) is 9.23. The fourth-order valence-electron chi connectivity index (χ4n) is 3.28. The fourth-order valence-corrected chi connectivity index (χ4v) is 5.02. The number of hydrogen-bond donors (Lipinski definition) is 0. The standard InChI is InChI=1S/C20H30S/c1-14(2)19-10-9-15(3)7-6-8-16(4)11-18-12-17(5)13-20(19)21-18/h7,11-14,19-20H,6,8-10H2,1-5H3/t19-,20-/m0/s1. The lowest BCUT2D eigenvalue weighted by atomic mass is 9.85. The first-order valence-electron chi connectivity index (χ1n) is 8.35. The Morgan fingerprint density at radius 1 is 1.05 bits per heavy atom. The van der Waals surface area contributed by atoms with Crippen molar-refractivity contribution in [2.24, 2.45) is 11.8 Å². The average Bonchev–Trinajstić information content (AvgIpc) is 2.36. The van der Waals surface area contributed by atoms with E-state index in [-0.39, 0.29) is 0 Å². The molecule has 0 nitrogen and oxygen atoms in total. The topological polar surface area (TPSA) is 0 Å². The van der Waals surface area contributed by atoms with E-state index in [9.17, 15) is 0 Å². The fraction of sp³-hybridized carbons (Fsp3) is 0.600. The molecule has 0 spiro atoms. The summed E-state index contributed by atoms with van der Waals surface area (Å²) >= 11 is 2.08. The van der Waals surface area contributed by atoms with Crippen LogP contribution in [0.25, 0.3) is 0 Å². The van der Waals surface area contributed by atoms with Gasteiger partial charge in [-0.2, -0.15) is 0 Å². The molecule has 2 aliphatic heterocycles. The molecule has 116 valence electrons. The van der Waals surface area contributed by atoms with E-state index in [0.717, 1.165) is 11.8 Å². The van der Waals surface area contributed by atoms with Crippen molar-refractivity contribution >= 4 is 11.8 Å². The van der Waals surface area contributed by atoms with Crippen LogP contribution in [-0.2, 0) is 0 Å². The van der Waals surface area contributed by atoms with Crippen molar-refractivity contribution in [3.63, 3.8) is 0 Å². The molecule has 0 aliphatic carbocycles. The molecule has 0 N–H and O–H groups in total. The van der Waals surface area contributed by atoms with Crippen LogP contribution in [0.1, 0.15) is 60.3 Å². The van der Waals surface area contributed by atoms with Crippen molar-refractivity contribution in [2.75, 3.05) is 0 Å². The van der Waals surface area contributed by atoms with Gasteiger partial charge in [-0.25, -0.2) is 0 Å². The van der Waals surface area contributed by atoms with Crippen LogP contribution in [0.3, 0.4) is 0 Å². The summed E-state index contributed by atoms with van der Waals surface area (Å²) in [7, 11) is 0. The maximum Gasteiger partial charge on any atom is 0.0310 e. The lowest BCUT2D eigenvalue weighted by Gasteiger charge is -2.31. The Labute approximate surface area is 135 Å². The lowest BCUT2D eigenvalue weighted by molar-refractivity contribution is 0.370. The first-order chi connectivity index (χ1) is 9.95. The molecule has 0 aromatic carbocycles. The van der Waals surface area contributed by atoms with Crippen molar-refractivity contribution in [3.8, 4) is 0 Å². The van der Waals surface area contributed by atoms with Crippen LogP contribution in [0.4, 0.5) is 0 Å². The van der Waals surface area contributed by atoms with Crippen molar-refractivity contribution in [1.82, 2.24) is 0 Å². The molecule has 0 aromatic rings. The van der Waals surface area contributed by atoms with Crippen molar-refractivity contribution in [2.45, 2.75) is 65.6 Å². The van der Waals surface area contributed by atoms with Crippen molar-refractivity contribution < 1.29 is 0 Å². The highest BCUT2D eigenvalue weighted by molar-refractivity contribution is 8.04. The van der Waals surface area contributed by atoms with Gasteiger partial charge in [0.15, 0.2) is 0 Å². The Kier molecular flexibility index (Phi) is 5.98. The minimum atomic E-state index is 0.640. The second kappa shape index (κ2) is 7.54. The van der Waals surface area contributed by atoms with Gasteiger partial charge < -0.3 is 0 Å². The van der Waals surface area contributed by atoms with E-state index in [4.69, 9.17) is 0 Å². The molecule has 0 aromatic heterocycles. The maximum atomic E-state index is 2.49. The molecular formula is C20H30S. The SMILES string of the molecule is CC1=C[C@@H]2SC(=C1)C=C(C)CCC=C(C)CC[C@H]2C(C)C. The van der Waals surface area contributed by atoms with Crippen LogP contribution in [-0.4, -0.2) is 5.25 Å². The molecule has 0 saturated heterocycles. The van der Waals surface area contributed by atoms with E-state index < -0.39 is 0 Å². The molecule has 2 heterocycles. The Bertz CT molecular complexity index is 488. The predicted octanol–water partition coefficient (Wildman–Crippen LogP) is 6.67. The van der Waals surface area contributed by atoms with E-state index >= 15 is 0 Å². The number of allylic oxidation sites excluding steroid dienone is 6. The van der Waals surface area contributed by atoms with E-state index in [0.29, 0.717) is 5.25 Å². The maximum absolute atomic E-state index is 2.49. The summed E-state index contributed by atoms with van der Waals surface area (Å²) in [5.41, 5.74) is 4.52. The largest absolute Gasteiger partial charge is 0.118 e. The quantitative estimate of drug-likeness (QED) is 0.487.